The summed E-state index contributed by atoms with van der Waals surface area (Å²) in [7, 11) is 0. The molecule has 4 N–H and O–H groups in total. The van der Waals surface area contributed by atoms with Gasteiger partial charge in [-0.3, -0.25) is 0 Å². The second-order valence-corrected chi connectivity index (χ2v) is 13.8. The van der Waals surface area contributed by atoms with E-state index in [1.54, 1.807) is 24.3 Å². The molecular weight excluding hydrogens is 568 g/mol. The van der Waals surface area contributed by atoms with E-state index in [0.717, 1.165) is 62.5 Å². The topological polar surface area (TPSA) is 80.9 Å². The van der Waals surface area contributed by atoms with Crippen molar-refractivity contribution in [1.29, 1.82) is 0 Å². The molecule has 0 amide bonds. The lowest BCUT2D eigenvalue weighted by Gasteiger charge is -2.29. The van der Waals surface area contributed by atoms with Gasteiger partial charge >= 0.3 is 0 Å². The van der Waals surface area contributed by atoms with Crippen LogP contribution in [0.1, 0.15) is 118 Å². The molecule has 0 saturated heterocycles. The first-order chi connectivity index (χ1) is 21.6. The van der Waals surface area contributed by atoms with E-state index in [1.807, 2.05) is 12.2 Å². The predicted octanol–water partition coefficient (Wildman–Crippen LogP) is 12.0. The normalized spacial score (nSPS) is 14.6. The van der Waals surface area contributed by atoms with Crippen molar-refractivity contribution >= 4 is 0 Å². The summed E-state index contributed by atoms with van der Waals surface area (Å²) in [5.41, 5.74) is 6.27. The SMILES string of the molecule is C=CC(C)(CC/C=C(/C)CCC=C(C)C)c1cc(O)c(O)c(-c2cc(C(C)(C=C)CC/C=C(\C)CCC=C(C)C)cc(O)c2O)c1. The second-order valence-electron chi connectivity index (χ2n) is 13.8. The number of hydrogen-bond acceptors (Lipinski definition) is 4. The minimum absolute atomic E-state index is 0.243. The minimum Gasteiger partial charge on any atom is -0.504 e. The van der Waals surface area contributed by atoms with Crippen LogP contribution >= 0.6 is 0 Å². The van der Waals surface area contributed by atoms with E-state index in [4.69, 9.17) is 0 Å². The fourth-order valence-electron chi connectivity index (χ4n) is 5.65. The highest BCUT2D eigenvalue weighted by molar-refractivity contribution is 5.81. The number of phenolic OH excluding ortho intramolecular Hbond substituents is 4. The third-order valence-electron chi connectivity index (χ3n) is 9.19. The smallest absolute Gasteiger partial charge is 0.165 e. The van der Waals surface area contributed by atoms with Crippen molar-refractivity contribution in [2.45, 2.75) is 118 Å². The van der Waals surface area contributed by atoms with Crippen LogP contribution in [0.3, 0.4) is 0 Å². The van der Waals surface area contributed by atoms with Crippen LogP contribution in [0.25, 0.3) is 11.1 Å². The molecule has 0 fully saturated rings. The van der Waals surface area contributed by atoms with Gasteiger partial charge < -0.3 is 20.4 Å². The molecular formula is C42H58O4. The molecule has 2 atom stereocenters. The molecule has 2 rings (SSSR count). The number of aromatic hydroxyl groups is 4. The maximum atomic E-state index is 11.0. The summed E-state index contributed by atoms with van der Waals surface area (Å²) in [6.07, 6.45) is 19.9. The number of allylic oxidation sites excluding steroid dienone is 10. The molecule has 46 heavy (non-hydrogen) atoms. The summed E-state index contributed by atoms with van der Waals surface area (Å²) in [5.74, 6) is -1.29. The third-order valence-corrected chi connectivity index (χ3v) is 9.19. The average molecular weight is 627 g/mol. The van der Waals surface area contributed by atoms with Gasteiger partial charge in [-0.2, -0.15) is 0 Å². The molecule has 0 radical (unpaired) electrons. The van der Waals surface area contributed by atoms with Crippen LogP contribution < -0.4 is 0 Å². The van der Waals surface area contributed by atoms with E-state index < -0.39 is 10.8 Å². The van der Waals surface area contributed by atoms with Gasteiger partial charge in [-0.25, -0.2) is 0 Å². The Balaban J connectivity index is 2.45. The summed E-state index contributed by atoms with van der Waals surface area (Å²) in [6.45, 7) is 25.1. The molecule has 0 bridgehead atoms. The van der Waals surface area contributed by atoms with E-state index in [1.165, 1.54) is 22.3 Å². The molecule has 0 aliphatic carbocycles. The van der Waals surface area contributed by atoms with Crippen molar-refractivity contribution < 1.29 is 20.4 Å². The number of benzene rings is 2. The highest BCUT2D eigenvalue weighted by Gasteiger charge is 2.29. The maximum absolute atomic E-state index is 11.0. The molecule has 2 aromatic rings. The molecule has 4 heteroatoms. The van der Waals surface area contributed by atoms with Crippen LogP contribution in [-0.2, 0) is 10.8 Å². The number of rotatable bonds is 17. The van der Waals surface area contributed by atoms with Crippen molar-refractivity contribution in [3.05, 3.63) is 107 Å². The fourth-order valence-corrected chi connectivity index (χ4v) is 5.65. The van der Waals surface area contributed by atoms with Gasteiger partial charge in [-0.05, 0) is 128 Å². The Hall–Kier alpha value is -3.92. The van der Waals surface area contributed by atoms with E-state index in [2.05, 4.69) is 92.9 Å². The highest BCUT2D eigenvalue weighted by Crippen LogP contribution is 2.49. The molecule has 0 saturated carbocycles. The summed E-state index contributed by atoms with van der Waals surface area (Å²) >= 11 is 0. The lowest BCUT2D eigenvalue weighted by molar-refractivity contribution is 0.397. The average Bonchev–Trinajstić information content (AvgIpc) is 2.99. The Kier molecular flexibility index (Phi) is 14.2. The summed E-state index contributed by atoms with van der Waals surface area (Å²) in [6, 6.07) is 6.69. The third kappa shape index (κ3) is 10.6. The van der Waals surface area contributed by atoms with Gasteiger partial charge in [0.1, 0.15) is 0 Å². The molecule has 0 aromatic heterocycles. The van der Waals surface area contributed by atoms with Crippen molar-refractivity contribution in [2.75, 3.05) is 0 Å². The molecule has 250 valence electrons. The highest BCUT2D eigenvalue weighted by atomic mass is 16.3. The molecule has 0 spiro atoms. The maximum Gasteiger partial charge on any atom is 0.165 e. The number of phenols is 4. The fraction of sp³-hybridized carbons (Fsp3) is 0.429. The van der Waals surface area contributed by atoms with Gasteiger partial charge in [-0.1, -0.05) is 72.6 Å². The van der Waals surface area contributed by atoms with Gasteiger partial charge in [0.15, 0.2) is 23.0 Å². The predicted molar refractivity (Wildman–Crippen MR) is 197 cm³/mol. The first kappa shape index (κ1) is 38.3. The Morgan fingerprint density at radius 3 is 1.22 bits per heavy atom. The van der Waals surface area contributed by atoms with Crippen molar-refractivity contribution in [3.8, 4) is 34.1 Å². The van der Waals surface area contributed by atoms with Gasteiger partial charge in [0.2, 0.25) is 0 Å². The summed E-state index contributed by atoms with van der Waals surface area (Å²) < 4.78 is 0. The van der Waals surface area contributed by atoms with Crippen LogP contribution in [0.2, 0.25) is 0 Å². The van der Waals surface area contributed by atoms with Crippen LogP contribution in [-0.4, -0.2) is 20.4 Å². The van der Waals surface area contributed by atoms with Gasteiger partial charge in [0.05, 0.1) is 0 Å². The first-order valence-electron chi connectivity index (χ1n) is 16.5. The Morgan fingerprint density at radius 2 is 0.913 bits per heavy atom. The van der Waals surface area contributed by atoms with Gasteiger partial charge in [0, 0.05) is 22.0 Å². The molecule has 0 heterocycles. The lowest BCUT2D eigenvalue weighted by Crippen LogP contribution is -2.19. The van der Waals surface area contributed by atoms with E-state index >= 15 is 0 Å². The van der Waals surface area contributed by atoms with E-state index in [9.17, 15) is 20.4 Å². The van der Waals surface area contributed by atoms with Gasteiger partial charge in [0.25, 0.3) is 0 Å². The van der Waals surface area contributed by atoms with E-state index in [0.29, 0.717) is 0 Å². The van der Waals surface area contributed by atoms with Crippen molar-refractivity contribution in [3.63, 3.8) is 0 Å². The lowest BCUT2D eigenvalue weighted by atomic mass is 9.76. The quantitative estimate of drug-likeness (QED) is 0.104. The molecule has 2 unspecified atom stereocenters. The monoisotopic (exact) mass is 626 g/mol. The molecule has 4 nitrogen and oxygen atoms in total. The summed E-state index contributed by atoms with van der Waals surface area (Å²) in [4.78, 5) is 0. The van der Waals surface area contributed by atoms with Crippen LogP contribution in [0, 0.1) is 0 Å². The van der Waals surface area contributed by atoms with Gasteiger partial charge in [-0.15, -0.1) is 13.2 Å². The Bertz CT molecular complexity index is 1380. The number of hydrogen-bond donors (Lipinski definition) is 4. The molecule has 0 aliphatic rings. The Morgan fingerprint density at radius 1 is 0.565 bits per heavy atom. The summed E-state index contributed by atoms with van der Waals surface area (Å²) in [5, 5.41) is 43.8. The second kappa shape index (κ2) is 17.1. The van der Waals surface area contributed by atoms with Crippen LogP contribution in [0.5, 0.6) is 23.0 Å². The molecule has 2 aromatic carbocycles. The first-order valence-corrected chi connectivity index (χ1v) is 16.5. The van der Waals surface area contributed by atoms with E-state index in [-0.39, 0.29) is 34.1 Å². The zero-order valence-corrected chi connectivity index (χ0v) is 29.6. The largest absolute Gasteiger partial charge is 0.504 e. The van der Waals surface area contributed by atoms with Crippen LogP contribution in [0.15, 0.2) is 96.2 Å². The molecule has 0 aliphatic heterocycles. The standard InChI is InChI=1S/C42H58O4/c1-11-41(9,23-15-21-31(7)19-13-17-29(3)4)33-25-35(39(45)37(43)27-33)36-26-34(28-38(44)40(36)46)42(10,12-2)24-16-22-32(8)20-14-18-30(5)6/h11-12,17-18,21-22,25-28,43-46H,1-2,13-16,19-20,23-24H2,3-10H3/b31-21-,32-22+. The zero-order valence-electron chi connectivity index (χ0n) is 29.6. The van der Waals surface area contributed by atoms with Crippen molar-refractivity contribution in [1.82, 2.24) is 0 Å². The van der Waals surface area contributed by atoms with Crippen LogP contribution in [0.4, 0.5) is 0 Å². The van der Waals surface area contributed by atoms with Crippen molar-refractivity contribution in [2.24, 2.45) is 0 Å². The zero-order chi connectivity index (χ0) is 34.7. The Labute approximate surface area is 278 Å². The minimum atomic E-state index is -0.517.